The summed E-state index contributed by atoms with van der Waals surface area (Å²) in [5.74, 6) is -1.84. The smallest absolute Gasteiger partial charge is 0.338 e. The Morgan fingerprint density at radius 1 is 1.21 bits per heavy atom. The van der Waals surface area contributed by atoms with Crippen molar-refractivity contribution in [1.82, 2.24) is 9.97 Å². The topological polar surface area (TPSA) is 92.2 Å². The number of aromatic carboxylic acids is 1. The van der Waals surface area contributed by atoms with Gasteiger partial charge in [0.25, 0.3) is 5.91 Å². The molecule has 0 unspecified atom stereocenters. The van der Waals surface area contributed by atoms with Gasteiger partial charge in [0.05, 0.1) is 5.56 Å². The number of carboxylic acid groups (broad SMARTS) is 1. The van der Waals surface area contributed by atoms with Gasteiger partial charge >= 0.3 is 5.97 Å². The molecule has 19 heavy (non-hydrogen) atoms. The highest BCUT2D eigenvalue weighted by atomic mass is 35.5. The third-order valence-electron chi connectivity index (χ3n) is 2.24. The van der Waals surface area contributed by atoms with E-state index >= 15 is 0 Å². The number of rotatable bonds is 3. The summed E-state index contributed by atoms with van der Waals surface area (Å²) in [5, 5.41) is 11.7. The Hall–Kier alpha value is -2.47. The number of pyridine rings is 2. The number of carboxylic acids is 1. The van der Waals surface area contributed by atoms with Gasteiger partial charge in [-0.05, 0) is 24.3 Å². The average molecular weight is 278 g/mol. The molecule has 2 aromatic rings. The number of nitrogens with one attached hydrogen (secondary N) is 1. The van der Waals surface area contributed by atoms with Gasteiger partial charge in [0.2, 0.25) is 0 Å². The van der Waals surface area contributed by atoms with Gasteiger partial charge in [-0.3, -0.25) is 9.78 Å². The van der Waals surface area contributed by atoms with Crippen LogP contribution < -0.4 is 5.32 Å². The number of amides is 1. The Morgan fingerprint density at radius 3 is 2.68 bits per heavy atom. The Labute approximate surface area is 113 Å². The number of carbonyl (C=O) groups excluding carboxylic acids is 1. The first kappa shape index (κ1) is 13.0. The van der Waals surface area contributed by atoms with E-state index in [0.717, 1.165) is 0 Å². The maximum absolute atomic E-state index is 12.0. The van der Waals surface area contributed by atoms with Crippen molar-refractivity contribution < 1.29 is 14.7 Å². The molecule has 1 amide bonds. The van der Waals surface area contributed by atoms with Crippen LogP contribution in [0.5, 0.6) is 0 Å². The zero-order chi connectivity index (χ0) is 13.8. The molecule has 0 aliphatic carbocycles. The maximum Gasteiger partial charge on any atom is 0.338 e. The van der Waals surface area contributed by atoms with E-state index in [2.05, 4.69) is 15.3 Å². The van der Waals surface area contributed by atoms with Crippen LogP contribution in [0.1, 0.15) is 20.8 Å². The molecule has 0 saturated carbocycles. The molecule has 6 nitrogen and oxygen atoms in total. The molecule has 0 radical (unpaired) electrons. The molecule has 0 atom stereocenters. The van der Waals surface area contributed by atoms with Crippen LogP contribution in [0.2, 0.25) is 5.15 Å². The lowest BCUT2D eigenvalue weighted by Crippen LogP contribution is -2.18. The minimum absolute atomic E-state index is 0.164. The molecule has 2 heterocycles. The number of aromatic nitrogens is 2. The molecule has 0 aliphatic rings. The fourth-order valence-electron chi connectivity index (χ4n) is 1.43. The van der Waals surface area contributed by atoms with Crippen molar-refractivity contribution in [1.29, 1.82) is 0 Å². The van der Waals surface area contributed by atoms with E-state index in [-0.39, 0.29) is 16.4 Å². The minimum atomic E-state index is -1.22. The van der Waals surface area contributed by atoms with Crippen molar-refractivity contribution >= 4 is 29.2 Å². The SMILES string of the molecule is O=C(O)c1cccnc1C(=O)Nc1ccnc(Cl)c1. The second-order valence-electron chi connectivity index (χ2n) is 3.53. The van der Waals surface area contributed by atoms with Crippen LogP contribution in [0.3, 0.4) is 0 Å². The number of hydrogen-bond acceptors (Lipinski definition) is 4. The summed E-state index contributed by atoms with van der Waals surface area (Å²) in [6.07, 6.45) is 2.77. The molecule has 0 bridgehead atoms. The van der Waals surface area contributed by atoms with E-state index in [0.29, 0.717) is 5.69 Å². The van der Waals surface area contributed by atoms with Gasteiger partial charge in [-0.1, -0.05) is 11.6 Å². The second-order valence-corrected chi connectivity index (χ2v) is 3.91. The first-order valence-electron chi connectivity index (χ1n) is 5.19. The van der Waals surface area contributed by atoms with E-state index in [1.165, 1.54) is 36.7 Å². The van der Waals surface area contributed by atoms with Gasteiger partial charge in [0.15, 0.2) is 0 Å². The average Bonchev–Trinajstić information content (AvgIpc) is 2.38. The zero-order valence-electron chi connectivity index (χ0n) is 9.50. The summed E-state index contributed by atoms with van der Waals surface area (Å²) < 4.78 is 0. The van der Waals surface area contributed by atoms with Crippen molar-refractivity contribution in [3.63, 3.8) is 0 Å². The van der Waals surface area contributed by atoms with E-state index in [1.54, 1.807) is 0 Å². The van der Waals surface area contributed by atoms with Crippen LogP contribution in [0.25, 0.3) is 0 Å². The monoisotopic (exact) mass is 277 g/mol. The van der Waals surface area contributed by atoms with E-state index in [4.69, 9.17) is 16.7 Å². The lowest BCUT2D eigenvalue weighted by Gasteiger charge is -2.06. The molecule has 0 saturated heterocycles. The molecule has 0 fully saturated rings. The Bertz CT molecular complexity index is 646. The molecular weight excluding hydrogens is 270 g/mol. The predicted molar refractivity (Wildman–Crippen MR) is 68.4 cm³/mol. The third kappa shape index (κ3) is 3.05. The summed E-state index contributed by atoms with van der Waals surface area (Å²) in [5.41, 5.74) is 0.0788. The summed E-state index contributed by atoms with van der Waals surface area (Å²) >= 11 is 5.68. The molecule has 2 rings (SSSR count). The minimum Gasteiger partial charge on any atom is -0.478 e. The Balaban J connectivity index is 2.28. The standard InChI is InChI=1S/C12H8ClN3O3/c13-9-6-7(3-5-14-9)16-11(17)10-8(12(18)19)2-1-4-15-10/h1-6H,(H,18,19)(H,14,16,17). The summed E-state index contributed by atoms with van der Waals surface area (Å²) in [4.78, 5) is 30.5. The van der Waals surface area contributed by atoms with Gasteiger partial charge in [0, 0.05) is 18.1 Å². The normalized spacial score (nSPS) is 9.95. The molecular formula is C12H8ClN3O3. The van der Waals surface area contributed by atoms with Gasteiger partial charge in [-0.2, -0.15) is 0 Å². The van der Waals surface area contributed by atoms with Crippen LogP contribution in [-0.4, -0.2) is 27.0 Å². The molecule has 2 N–H and O–H groups in total. The summed E-state index contributed by atoms with van der Waals surface area (Å²) in [7, 11) is 0. The number of nitrogens with zero attached hydrogens (tertiary/aromatic N) is 2. The van der Waals surface area contributed by atoms with Crippen molar-refractivity contribution in [3.8, 4) is 0 Å². The highest BCUT2D eigenvalue weighted by Gasteiger charge is 2.17. The van der Waals surface area contributed by atoms with Crippen molar-refractivity contribution in [2.45, 2.75) is 0 Å². The first-order chi connectivity index (χ1) is 9.08. The molecule has 0 aromatic carbocycles. The van der Waals surface area contributed by atoms with Crippen LogP contribution in [0.4, 0.5) is 5.69 Å². The number of hydrogen-bond donors (Lipinski definition) is 2. The quantitative estimate of drug-likeness (QED) is 0.838. The highest BCUT2D eigenvalue weighted by molar-refractivity contribution is 6.29. The fraction of sp³-hybridized carbons (Fsp3) is 0. The lowest BCUT2D eigenvalue weighted by atomic mass is 10.2. The van der Waals surface area contributed by atoms with Gasteiger partial charge < -0.3 is 10.4 Å². The molecule has 96 valence electrons. The van der Waals surface area contributed by atoms with Crippen molar-refractivity contribution in [2.24, 2.45) is 0 Å². The highest BCUT2D eigenvalue weighted by Crippen LogP contribution is 2.14. The fourth-order valence-corrected chi connectivity index (χ4v) is 1.60. The van der Waals surface area contributed by atoms with Gasteiger partial charge in [-0.15, -0.1) is 0 Å². The lowest BCUT2D eigenvalue weighted by molar-refractivity contribution is 0.0691. The Morgan fingerprint density at radius 2 is 2.00 bits per heavy atom. The van der Waals surface area contributed by atoms with Gasteiger partial charge in [0.1, 0.15) is 10.8 Å². The van der Waals surface area contributed by atoms with Crippen molar-refractivity contribution in [3.05, 3.63) is 53.1 Å². The van der Waals surface area contributed by atoms with Crippen LogP contribution >= 0.6 is 11.6 Å². The van der Waals surface area contributed by atoms with Crippen LogP contribution in [0, 0.1) is 0 Å². The Kier molecular flexibility index (Phi) is 3.72. The molecule has 2 aromatic heterocycles. The van der Waals surface area contributed by atoms with Crippen molar-refractivity contribution in [2.75, 3.05) is 5.32 Å². The summed E-state index contributed by atoms with van der Waals surface area (Å²) in [6.45, 7) is 0. The van der Waals surface area contributed by atoms with Crippen LogP contribution in [-0.2, 0) is 0 Å². The molecule has 7 heteroatoms. The second kappa shape index (κ2) is 5.45. The first-order valence-corrected chi connectivity index (χ1v) is 5.57. The summed E-state index contributed by atoms with van der Waals surface area (Å²) in [6, 6.07) is 5.74. The number of halogens is 1. The largest absolute Gasteiger partial charge is 0.478 e. The number of carbonyl (C=O) groups is 2. The van der Waals surface area contributed by atoms with Crippen LogP contribution in [0.15, 0.2) is 36.7 Å². The maximum atomic E-state index is 12.0. The van der Waals surface area contributed by atoms with E-state index in [9.17, 15) is 9.59 Å². The van der Waals surface area contributed by atoms with Gasteiger partial charge in [-0.25, -0.2) is 9.78 Å². The molecule has 0 aliphatic heterocycles. The predicted octanol–water partition coefficient (Wildman–Crippen LogP) is 2.08. The van der Waals surface area contributed by atoms with E-state index < -0.39 is 11.9 Å². The zero-order valence-corrected chi connectivity index (χ0v) is 10.3. The van der Waals surface area contributed by atoms with E-state index in [1.807, 2.05) is 0 Å². The molecule has 0 spiro atoms. The third-order valence-corrected chi connectivity index (χ3v) is 2.44. The number of anilines is 1.